The third-order valence-electron chi connectivity index (χ3n) is 5.04. The van der Waals surface area contributed by atoms with Crippen molar-refractivity contribution >= 4 is 34.5 Å². The van der Waals surface area contributed by atoms with E-state index in [1.165, 1.54) is 0 Å². The van der Waals surface area contributed by atoms with Crippen molar-refractivity contribution in [3.63, 3.8) is 0 Å². The number of rotatable bonds is 1. The first-order valence-electron chi connectivity index (χ1n) is 8.64. The van der Waals surface area contributed by atoms with Crippen LogP contribution in [0.5, 0.6) is 0 Å². The van der Waals surface area contributed by atoms with Gasteiger partial charge in [0.1, 0.15) is 5.78 Å². The molecule has 1 heterocycles. The predicted octanol–water partition coefficient (Wildman–Crippen LogP) is 5.58. The van der Waals surface area contributed by atoms with Crippen molar-refractivity contribution in [1.82, 2.24) is 0 Å². The molecule has 2 aliphatic rings. The van der Waals surface area contributed by atoms with Gasteiger partial charge in [0.15, 0.2) is 0 Å². The van der Waals surface area contributed by atoms with Crippen LogP contribution < -0.4 is 5.32 Å². The molecule has 128 valence electrons. The summed E-state index contributed by atoms with van der Waals surface area (Å²) in [4.78, 5) is 18.0. The SMILES string of the molecule is CC1(C)CC(=O)C2C(=Nc3ccccc3N[C@H]2c2cccc(Cl)c2)C1. The van der Waals surface area contributed by atoms with Crippen molar-refractivity contribution in [2.45, 2.75) is 32.7 Å². The first-order chi connectivity index (χ1) is 11.9. The van der Waals surface area contributed by atoms with Gasteiger partial charge in [0, 0.05) is 17.2 Å². The number of aliphatic imine (C=N–C) groups is 1. The molecule has 25 heavy (non-hydrogen) atoms. The molecule has 1 aliphatic heterocycles. The van der Waals surface area contributed by atoms with Crippen LogP contribution in [0.25, 0.3) is 0 Å². The zero-order valence-electron chi connectivity index (χ0n) is 14.4. The molecule has 0 amide bonds. The first-order valence-corrected chi connectivity index (χ1v) is 9.02. The van der Waals surface area contributed by atoms with Crippen LogP contribution in [0.1, 0.15) is 38.3 Å². The van der Waals surface area contributed by atoms with Gasteiger partial charge in [0.05, 0.1) is 23.3 Å². The highest BCUT2D eigenvalue weighted by Gasteiger charge is 2.43. The molecule has 2 aromatic carbocycles. The average Bonchev–Trinajstić information content (AvgIpc) is 2.70. The molecule has 4 heteroatoms. The zero-order chi connectivity index (χ0) is 17.6. The Labute approximate surface area is 153 Å². The van der Waals surface area contributed by atoms with Crippen molar-refractivity contribution in [3.05, 3.63) is 59.1 Å². The van der Waals surface area contributed by atoms with Gasteiger partial charge in [-0.1, -0.05) is 49.7 Å². The highest BCUT2D eigenvalue weighted by molar-refractivity contribution is 6.30. The number of carbonyl (C=O) groups is 1. The molecular weight excluding hydrogens is 332 g/mol. The highest BCUT2D eigenvalue weighted by Crippen LogP contribution is 2.45. The van der Waals surface area contributed by atoms with Crippen molar-refractivity contribution in [2.24, 2.45) is 16.3 Å². The third kappa shape index (κ3) is 3.09. The summed E-state index contributed by atoms with van der Waals surface area (Å²) in [5.74, 6) is -0.000765. The maximum Gasteiger partial charge on any atom is 0.144 e. The molecule has 2 atom stereocenters. The van der Waals surface area contributed by atoms with E-state index in [-0.39, 0.29) is 23.2 Å². The topological polar surface area (TPSA) is 41.5 Å². The fraction of sp³-hybridized carbons (Fsp3) is 0.333. The smallest absolute Gasteiger partial charge is 0.144 e. The maximum atomic E-state index is 13.1. The van der Waals surface area contributed by atoms with Crippen LogP contribution >= 0.6 is 11.6 Å². The monoisotopic (exact) mass is 352 g/mol. The maximum absolute atomic E-state index is 13.1. The van der Waals surface area contributed by atoms with Gasteiger partial charge in [-0.3, -0.25) is 9.79 Å². The van der Waals surface area contributed by atoms with Crippen LogP contribution in [0, 0.1) is 11.3 Å². The van der Waals surface area contributed by atoms with E-state index < -0.39 is 0 Å². The number of nitrogens with zero attached hydrogens (tertiary/aromatic N) is 1. The predicted molar refractivity (Wildman–Crippen MR) is 103 cm³/mol. The second-order valence-corrected chi connectivity index (χ2v) is 8.20. The molecule has 0 spiro atoms. The van der Waals surface area contributed by atoms with Crippen LogP contribution in [-0.4, -0.2) is 11.5 Å². The third-order valence-corrected chi connectivity index (χ3v) is 5.27. The van der Waals surface area contributed by atoms with Gasteiger partial charge in [-0.05, 0) is 41.7 Å². The molecule has 0 aromatic heterocycles. The Balaban J connectivity index is 1.87. The lowest BCUT2D eigenvalue weighted by molar-refractivity contribution is -0.124. The largest absolute Gasteiger partial charge is 0.375 e. The van der Waals surface area contributed by atoms with Crippen LogP contribution in [0.15, 0.2) is 53.5 Å². The number of ketones is 1. The van der Waals surface area contributed by atoms with Crippen LogP contribution in [-0.2, 0) is 4.79 Å². The van der Waals surface area contributed by atoms with Crippen LogP contribution in [0.3, 0.4) is 0 Å². The lowest BCUT2D eigenvalue weighted by Gasteiger charge is -2.37. The number of carbonyl (C=O) groups excluding carboxylic acids is 1. The summed E-state index contributed by atoms with van der Waals surface area (Å²) < 4.78 is 0. The molecule has 3 nitrogen and oxygen atoms in total. The van der Waals surface area contributed by atoms with Gasteiger partial charge in [-0.2, -0.15) is 0 Å². The summed E-state index contributed by atoms with van der Waals surface area (Å²) in [5.41, 5.74) is 3.81. The van der Waals surface area contributed by atoms with E-state index in [0.29, 0.717) is 11.4 Å². The van der Waals surface area contributed by atoms with E-state index >= 15 is 0 Å². The number of nitrogens with one attached hydrogen (secondary N) is 1. The Kier molecular flexibility index (Phi) is 3.92. The first kappa shape index (κ1) is 16.3. The minimum atomic E-state index is -0.251. The number of hydrogen-bond acceptors (Lipinski definition) is 3. The fourth-order valence-corrected chi connectivity index (χ4v) is 4.19. The van der Waals surface area contributed by atoms with E-state index in [9.17, 15) is 4.79 Å². The van der Waals surface area contributed by atoms with Crippen molar-refractivity contribution in [2.75, 3.05) is 5.32 Å². The standard InChI is InChI=1S/C21H21ClN2O/c1-21(2)11-17-19(18(25)12-21)20(13-6-5-7-14(22)10-13)24-16-9-4-3-8-15(16)23-17/h3-10,19-20,24H,11-12H2,1-2H3/t19?,20-/m0/s1. The van der Waals surface area contributed by atoms with Gasteiger partial charge < -0.3 is 5.32 Å². The minimum Gasteiger partial charge on any atom is -0.375 e. The van der Waals surface area contributed by atoms with Crippen molar-refractivity contribution < 1.29 is 4.79 Å². The van der Waals surface area contributed by atoms with Gasteiger partial charge in [-0.15, -0.1) is 0 Å². The number of Topliss-reactive ketones (excluding diaryl/α,β-unsaturated/α-hetero) is 1. The second-order valence-electron chi connectivity index (χ2n) is 7.76. The average molecular weight is 353 g/mol. The normalized spacial score (nSPS) is 24.4. The molecule has 1 aliphatic carbocycles. The second kappa shape index (κ2) is 5.99. The molecule has 1 saturated carbocycles. The van der Waals surface area contributed by atoms with Gasteiger partial charge >= 0.3 is 0 Å². The molecule has 0 radical (unpaired) electrons. The van der Waals surface area contributed by atoms with Gasteiger partial charge in [-0.25, -0.2) is 0 Å². The van der Waals surface area contributed by atoms with Crippen LogP contribution in [0.4, 0.5) is 11.4 Å². The van der Waals surface area contributed by atoms with Crippen molar-refractivity contribution in [3.8, 4) is 0 Å². The lowest BCUT2D eigenvalue weighted by Crippen LogP contribution is -2.42. The number of benzene rings is 2. The number of fused-ring (bicyclic) bond motifs is 2. The van der Waals surface area contributed by atoms with E-state index in [2.05, 4.69) is 19.2 Å². The summed E-state index contributed by atoms with van der Waals surface area (Å²) in [7, 11) is 0. The Morgan fingerprint density at radius 1 is 1.12 bits per heavy atom. The van der Waals surface area contributed by atoms with Gasteiger partial charge in [0.2, 0.25) is 0 Å². The van der Waals surface area contributed by atoms with E-state index in [0.717, 1.165) is 29.1 Å². The van der Waals surface area contributed by atoms with Crippen molar-refractivity contribution in [1.29, 1.82) is 0 Å². The lowest BCUT2D eigenvalue weighted by atomic mass is 9.68. The molecule has 4 rings (SSSR count). The van der Waals surface area contributed by atoms with E-state index in [1.807, 2.05) is 48.5 Å². The Hall–Kier alpha value is -2.13. The summed E-state index contributed by atoms with van der Waals surface area (Å²) in [6.07, 6.45) is 1.41. The quantitative estimate of drug-likeness (QED) is 0.727. The minimum absolute atomic E-state index is 0.0510. The zero-order valence-corrected chi connectivity index (χ0v) is 15.2. The molecular formula is C21H21ClN2O. The highest BCUT2D eigenvalue weighted by atomic mass is 35.5. The Morgan fingerprint density at radius 3 is 2.72 bits per heavy atom. The number of anilines is 1. The van der Waals surface area contributed by atoms with E-state index in [4.69, 9.17) is 16.6 Å². The molecule has 2 aromatic rings. The molecule has 1 fully saturated rings. The Morgan fingerprint density at radius 2 is 1.92 bits per heavy atom. The number of hydrogen-bond donors (Lipinski definition) is 1. The fourth-order valence-electron chi connectivity index (χ4n) is 3.99. The number of halogens is 1. The molecule has 1 unspecified atom stereocenters. The molecule has 1 N–H and O–H groups in total. The van der Waals surface area contributed by atoms with Gasteiger partial charge in [0.25, 0.3) is 0 Å². The summed E-state index contributed by atoms with van der Waals surface area (Å²) in [6, 6.07) is 15.6. The summed E-state index contributed by atoms with van der Waals surface area (Å²) in [5, 5.41) is 4.25. The van der Waals surface area contributed by atoms with E-state index in [1.54, 1.807) is 0 Å². The Bertz CT molecular complexity index is 872. The molecule has 0 bridgehead atoms. The van der Waals surface area contributed by atoms with Crippen LogP contribution in [0.2, 0.25) is 5.02 Å². The molecule has 0 saturated heterocycles. The summed E-state index contributed by atoms with van der Waals surface area (Å²) >= 11 is 6.22. The summed E-state index contributed by atoms with van der Waals surface area (Å²) in [6.45, 7) is 4.28. The number of para-hydroxylation sites is 2.